The van der Waals surface area contributed by atoms with Gasteiger partial charge in [0, 0.05) is 11.8 Å². The fraction of sp³-hybridized carbons (Fsp3) is 0. The van der Waals surface area contributed by atoms with Crippen LogP contribution in [0.5, 0.6) is 5.75 Å². The van der Waals surface area contributed by atoms with Gasteiger partial charge in [-0.3, -0.25) is 0 Å². The van der Waals surface area contributed by atoms with Crippen LogP contribution in [0.2, 0.25) is 0 Å². The Morgan fingerprint density at radius 3 is 2.06 bits per heavy atom. The number of anilines is 2. The van der Waals surface area contributed by atoms with Gasteiger partial charge in [-0.2, -0.15) is 0 Å². The van der Waals surface area contributed by atoms with Crippen molar-refractivity contribution in [1.82, 2.24) is 0 Å². The molecule has 2 rings (SSSR count). The molecule has 0 aliphatic carbocycles. The molecule has 0 atom stereocenters. The molecule has 0 unspecified atom stereocenters. The number of phenolic OH excluding ortho intramolecular Hbond substituents is 1. The fourth-order valence-electron chi connectivity index (χ4n) is 1.06. The van der Waals surface area contributed by atoms with Crippen LogP contribution in [0.25, 0.3) is 0 Å². The van der Waals surface area contributed by atoms with Gasteiger partial charge in [0.05, 0.1) is 5.69 Å². The van der Waals surface area contributed by atoms with Crippen molar-refractivity contribution in [1.29, 1.82) is 0 Å². The van der Waals surface area contributed by atoms with E-state index in [1.54, 1.807) is 0 Å². The highest BCUT2D eigenvalue weighted by molar-refractivity contribution is 5.64. The van der Waals surface area contributed by atoms with Gasteiger partial charge in [0.1, 0.15) is 11.4 Å². The summed E-state index contributed by atoms with van der Waals surface area (Å²) < 4.78 is 0. The third-order valence-electron chi connectivity index (χ3n) is 1.91. The molecule has 0 aliphatic rings. The van der Waals surface area contributed by atoms with E-state index in [4.69, 9.17) is 16.6 Å². The number of hydrogen-bond donors (Lipinski definition) is 3. The van der Waals surface area contributed by atoms with Crippen LogP contribution in [0.15, 0.2) is 53.7 Å². The topological polar surface area (TPSA) is 102 Å². The molecule has 0 saturated carbocycles. The van der Waals surface area contributed by atoms with Crippen molar-refractivity contribution in [3.63, 3.8) is 0 Å². The van der Waals surface area contributed by atoms with E-state index in [1.807, 2.05) is 30.3 Å². The second kappa shape index (κ2) is 6.12. The minimum Gasteiger partial charge on any atom is -0.508 e. The Hall–Kier alpha value is -2.56. The largest absolute Gasteiger partial charge is 0.508 e. The maximum absolute atomic E-state index is 9.94. The first-order chi connectivity index (χ1) is 8.13. The predicted octanol–water partition coefficient (Wildman–Crippen LogP) is 2.64. The summed E-state index contributed by atoms with van der Waals surface area (Å²) in [5.74, 6) is -0.0104. The number of phenols is 1. The molecule has 0 fully saturated rings. The number of nitroso groups, excluding NO2 is 1. The standard InChI is InChI=1S/C6H6N2O2.C6H7N/c7-5-2-1-4(9)3-6(5)8-10;7-6-4-2-1-3-5-6/h1-3,9H,7H2;1-5H,7H2. The highest BCUT2D eigenvalue weighted by atomic mass is 16.3. The summed E-state index contributed by atoms with van der Waals surface area (Å²) in [4.78, 5) is 9.94. The van der Waals surface area contributed by atoms with E-state index in [9.17, 15) is 4.91 Å². The minimum atomic E-state index is -0.0104. The van der Waals surface area contributed by atoms with E-state index in [0.29, 0.717) is 0 Å². The fourth-order valence-corrected chi connectivity index (χ4v) is 1.06. The zero-order chi connectivity index (χ0) is 12.7. The first kappa shape index (κ1) is 12.5. The Morgan fingerprint density at radius 1 is 1.00 bits per heavy atom. The van der Waals surface area contributed by atoms with Crippen molar-refractivity contribution in [2.45, 2.75) is 0 Å². The second-order valence-corrected chi connectivity index (χ2v) is 3.25. The van der Waals surface area contributed by atoms with E-state index >= 15 is 0 Å². The van der Waals surface area contributed by atoms with Gasteiger partial charge < -0.3 is 16.6 Å². The monoisotopic (exact) mass is 231 g/mol. The molecule has 0 spiro atoms. The van der Waals surface area contributed by atoms with Crippen molar-refractivity contribution < 1.29 is 5.11 Å². The van der Waals surface area contributed by atoms with Crippen molar-refractivity contribution in [2.75, 3.05) is 11.5 Å². The van der Waals surface area contributed by atoms with Gasteiger partial charge in [-0.1, -0.05) is 18.2 Å². The van der Waals surface area contributed by atoms with Gasteiger partial charge in [-0.05, 0) is 29.4 Å². The summed E-state index contributed by atoms with van der Waals surface area (Å²) >= 11 is 0. The predicted molar refractivity (Wildman–Crippen MR) is 68.8 cm³/mol. The lowest BCUT2D eigenvalue weighted by molar-refractivity contribution is 0.475. The van der Waals surface area contributed by atoms with Crippen LogP contribution in [-0.2, 0) is 0 Å². The number of benzene rings is 2. The molecule has 0 aromatic heterocycles. The highest BCUT2D eigenvalue weighted by Gasteiger charge is 1.98. The first-order valence-corrected chi connectivity index (χ1v) is 4.86. The van der Waals surface area contributed by atoms with Gasteiger partial charge in [0.2, 0.25) is 0 Å². The van der Waals surface area contributed by atoms with Crippen LogP contribution in [-0.4, -0.2) is 5.11 Å². The Morgan fingerprint density at radius 2 is 1.65 bits per heavy atom. The molecular formula is C12H13N3O2. The lowest BCUT2D eigenvalue weighted by atomic mass is 10.2. The van der Waals surface area contributed by atoms with Gasteiger partial charge in [0.15, 0.2) is 0 Å². The summed E-state index contributed by atoms with van der Waals surface area (Å²) in [6.07, 6.45) is 0. The quantitative estimate of drug-likeness (QED) is 0.399. The van der Waals surface area contributed by atoms with E-state index in [1.165, 1.54) is 18.2 Å². The molecule has 0 radical (unpaired) electrons. The average Bonchev–Trinajstić information content (AvgIpc) is 2.34. The molecule has 0 heterocycles. The number of nitrogen functional groups attached to an aromatic ring is 2. The van der Waals surface area contributed by atoms with E-state index in [-0.39, 0.29) is 17.1 Å². The van der Waals surface area contributed by atoms with Gasteiger partial charge >= 0.3 is 0 Å². The summed E-state index contributed by atoms with van der Waals surface area (Å²) in [5.41, 5.74) is 11.8. The van der Waals surface area contributed by atoms with Crippen molar-refractivity contribution >= 4 is 17.1 Å². The number of nitrogens with two attached hydrogens (primary N) is 2. The van der Waals surface area contributed by atoms with Crippen molar-refractivity contribution in [2.24, 2.45) is 5.18 Å². The molecule has 17 heavy (non-hydrogen) atoms. The van der Waals surface area contributed by atoms with Crippen LogP contribution >= 0.6 is 0 Å². The molecule has 0 amide bonds. The van der Waals surface area contributed by atoms with Crippen molar-refractivity contribution in [3.05, 3.63) is 53.4 Å². The maximum atomic E-state index is 9.94. The number of rotatable bonds is 1. The molecule has 5 N–H and O–H groups in total. The second-order valence-electron chi connectivity index (χ2n) is 3.25. The summed E-state index contributed by atoms with van der Waals surface area (Å²) in [7, 11) is 0. The van der Waals surface area contributed by atoms with Gasteiger partial charge in [-0.25, -0.2) is 0 Å². The molecular weight excluding hydrogens is 218 g/mol. The lowest BCUT2D eigenvalue weighted by Gasteiger charge is -1.95. The lowest BCUT2D eigenvalue weighted by Crippen LogP contribution is -1.83. The van der Waals surface area contributed by atoms with E-state index in [0.717, 1.165) is 5.69 Å². The number of hydrogen-bond acceptors (Lipinski definition) is 5. The van der Waals surface area contributed by atoms with Crippen LogP contribution in [0.1, 0.15) is 0 Å². The normalized spacial score (nSPS) is 8.94. The zero-order valence-corrected chi connectivity index (χ0v) is 9.08. The minimum absolute atomic E-state index is 0.0104. The molecule has 88 valence electrons. The Kier molecular flexibility index (Phi) is 4.50. The Balaban J connectivity index is 0.000000181. The van der Waals surface area contributed by atoms with Gasteiger partial charge in [-0.15, -0.1) is 4.91 Å². The maximum Gasteiger partial charge on any atom is 0.134 e. The molecule has 5 nitrogen and oxygen atoms in total. The molecule has 0 bridgehead atoms. The molecule has 0 saturated heterocycles. The SMILES string of the molecule is Nc1ccc(O)cc1N=O.Nc1ccccc1. The molecule has 2 aromatic rings. The van der Waals surface area contributed by atoms with Crippen LogP contribution in [0.4, 0.5) is 17.1 Å². The summed E-state index contributed by atoms with van der Waals surface area (Å²) in [6, 6.07) is 13.5. The third-order valence-corrected chi connectivity index (χ3v) is 1.91. The van der Waals surface area contributed by atoms with E-state index < -0.39 is 0 Å². The Bertz CT molecular complexity index is 486. The van der Waals surface area contributed by atoms with Crippen LogP contribution < -0.4 is 11.5 Å². The number of para-hydroxylation sites is 1. The Labute approximate surface area is 98.7 Å². The van der Waals surface area contributed by atoms with Crippen LogP contribution in [0.3, 0.4) is 0 Å². The molecule has 0 aliphatic heterocycles. The molecule has 2 aromatic carbocycles. The van der Waals surface area contributed by atoms with Crippen LogP contribution in [0, 0.1) is 4.91 Å². The summed E-state index contributed by atoms with van der Waals surface area (Å²) in [5, 5.41) is 11.4. The first-order valence-electron chi connectivity index (χ1n) is 4.86. The van der Waals surface area contributed by atoms with Gasteiger partial charge in [0.25, 0.3) is 0 Å². The van der Waals surface area contributed by atoms with E-state index in [2.05, 4.69) is 5.18 Å². The highest BCUT2D eigenvalue weighted by Crippen LogP contribution is 2.25. The zero-order valence-electron chi connectivity index (χ0n) is 9.08. The smallest absolute Gasteiger partial charge is 0.134 e. The number of nitrogens with zero attached hydrogens (tertiary/aromatic N) is 1. The van der Waals surface area contributed by atoms with Crippen molar-refractivity contribution in [3.8, 4) is 5.75 Å². The molecule has 5 heteroatoms. The third kappa shape index (κ3) is 4.21. The average molecular weight is 231 g/mol. The number of aromatic hydroxyl groups is 1. The summed E-state index contributed by atoms with van der Waals surface area (Å²) in [6.45, 7) is 0.